The van der Waals surface area contributed by atoms with Gasteiger partial charge >= 0.3 is 5.97 Å². The second-order valence-corrected chi connectivity index (χ2v) is 7.66. The summed E-state index contributed by atoms with van der Waals surface area (Å²) >= 11 is 6.89. The molecule has 0 atom stereocenters. The largest absolute Gasteiger partial charge is 0.477 e. The van der Waals surface area contributed by atoms with Gasteiger partial charge in [-0.3, -0.25) is 5.10 Å². The van der Waals surface area contributed by atoms with E-state index >= 15 is 0 Å². The van der Waals surface area contributed by atoms with Crippen molar-refractivity contribution < 1.29 is 9.90 Å². The Kier molecular flexibility index (Phi) is 5.98. The van der Waals surface area contributed by atoms with E-state index in [1.54, 1.807) is 18.2 Å². The first-order valence-electron chi connectivity index (χ1n) is 8.33. The van der Waals surface area contributed by atoms with E-state index in [0.29, 0.717) is 21.9 Å². The Bertz CT molecular complexity index is 964. The molecular weight excluding hydrogens is 382 g/mol. The molecule has 3 aromatic rings. The maximum absolute atomic E-state index is 11.6. The van der Waals surface area contributed by atoms with Gasteiger partial charge < -0.3 is 5.11 Å². The van der Waals surface area contributed by atoms with E-state index in [-0.39, 0.29) is 4.91 Å². The molecule has 27 heavy (non-hydrogen) atoms. The van der Waals surface area contributed by atoms with E-state index in [4.69, 9.17) is 11.6 Å². The summed E-state index contributed by atoms with van der Waals surface area (Å²) in [6, 6.07) is 15.0. The second kappa shape index (κ2) is 8.41. The molecule has 5 nitrogen and oxygen atoms in total. The van der Waals surface area contributed by atoms with Crippen LogP contribution in [0.2, 0.25) is 5.02 Å². The van der Waals surface area contributed by atoms with Crippen molar-refractivity contribution in [1.29, 1.82) is 0 Å². The first kappa shape index (κ1) is 19.2. The Morgan fingerprint density at radius 3 is 2.41 bits per heavy atom. The molecule has 0 bridgehead atoms. The van der Waals surface area contributed by atoms with Gasteiger partial charge in [0.1, 0.15) is 4.91 Å². The van der Waals surface area contributed by atoms with Gasteiger partial charge in [-0.05, 0) is 59.1 Å². The predicted molar refractivity (Wildman–Crippen MR) is 109 cm³/mol. The third kappa shape index (κ3) is 4.99. The Hall–Kier alpha value is -2.57. The molecule has 0 aliphatic rings. The van der Waals surface area contributed by atoms with E-state index in [1.807, 2.05) is 36.4 Å². The lowest BCUT2D eigenvalue weighted by Gasteiger charge is -2.05. The standard InChI is InChI=1S/C20H18ClN3O2S/c1-12(2)14-5-3-13(4-6-14)11-17(19(25)26)27-20-22-18(23-24-20)15-7-9-16(21)10-8-15/h3-12H,1-2H3,(H,25,26)(H,22,23,24)/b17-11-. The van der Waals surface area contributed by atoms with E-state index in [1.165, 1.54) is 5.56 Å². The number of rotatable bonds is 6. The van der Waals surface area contributed by atoms with Gasteiger partial charge in [0, 0.05) is 10.6 Å². The number of carboxylic acids is 1. The van der Waals surface area contributed by atoms with Crippen molar-refractivity contribution in [3.05, 3.63) is 69.6 Å². The van der Waals surface area contributed by atoms with E-state index < -0.39 is 5.97 Å². The maximum atomic E-state index is 11.6. The minimum Gasteiger partial charge on any atom is -0.477 e. The number of halogens is 1. The number of H-pyrrole nitrogens is 1. The monoisotopic (exact) mass is 399 g/mol. The molecule has 2 N–H and O–H groups in total. The normalized spacial score (nSPS) is 11.8. The molecule has 7 heteroatoms. The molecule has 0 amide bonds. The third-order valence-corrected chi connectivity index (χ3v) is 5.02. The smallest absolute Gasteiger partial charge is 0.342 e. The van der Waals surface area contributed by atoms with Crippen LogP contribution in [0.1, 0.15) is 30.9 Å². The van der Waals surface area contributed by atoms with Gasteiger partial charge in [-0.1, -0.05) is 49.7 Å². The molecular formula is C20H18ClN3O2S. The van der Waals surface area contributed by atoms with Crippen molar-refractivity contribution in [3.63, 3.8) is 0 Å². The number of aromatic amines is 1. The SMILES string of the molecule is CC(C)c1ccc(/C=C(\Sc2n[nH]c(-c3ccc(Cl)cc3)n2)C(=O)O)cc1. The summed E-state index contributed by atoms with van der Waals surface area (Å²) < 4.78 is 0. The summed E-state index contributed by atoms with van der Waals surface area (Å²) in [5.74, 6) is -0.0399. The number of aliphatic carboxylic acids is 1. The minimum absolute atomic E-state index is 0.147. The van der Waals surface area contributed by atoms with Gasteiger partial charge in [-0.25, -0.2) is 9.78 Å². The number of carbonyl (C=O) groups is 1. The molecule has 2 aromatic carbocycles. The zero-order chi connectivity index (χ0) is 19.4. The van der Waals surface area contributed by atoms with Crippen LogP contribution in [0.5, 0.6) is 0 Å². The predicted octanol–water partition coefficient (Wildman–Crippen LogP) is 5.47. The van der Waals surface area contributed by atoms with Gasteiger partial charge in [0.25, 0.3) is 0 Å². The molecule has 0 aliphatic heterocycles. The topological polar surface area (TPSA) is 78.9 Å². The summed E-state index contributed by atoms with van der Waals surface area (Å²) in [6.45, 7) is 4.23. The summed E-state index contributed by atoms with van der Waals surface area (Å²) in [7, 11) is 0. The van der Waals surface area contributed by atoms with Crippen molar-refractivity contribution in [2.24, 2.45) is 0 Å². The average molecular weight is 400 g/mol. The summed E-state index contributed by atoms with van der Waals surface area (Å²) in [5.41, 5.74) is 2.85. The van der Waals surface area contributed by atoms with Crippen LogP contribution in [0.15, 0.2) is 58.6 Å². The molecule has 1 aromatic heterocycles. The highest BCUT2D eigenvalue weighted by molar-refractivity contribution is 8.04. The van der Waals surface area contributed by atoms with Crippen molar-refractivity contribution >= 4 is 35.4 Å². The van der Waals surface area contributed by atoms with Crippen LogP contribution in [0.3, 0.4) is 0 Å². The van der Waals surface area contributed by atoms with Crippen LogP contribution in [-0.4, -0.2) is 26.3 Å². The lowest BCUT2D eigenvalue weighted by Crippen LogP contribution is -1.97. The first-order chi connectivity index (χ1) is 12.9. The first-order valence-corrected chi connectivity index (χ1v) is 9.53. The summed E-state index contributed by atoms with van der Waals surface area (Å²) in [5, 5.41) is 17.4. The number of thioether (sulfide) groups is 1. The fourth-order valence-electron chi connectivity index (χ4n) is 2.39. The van der Waals surface area contributed by atoms with E-state index in [2.05, 4.69) is 29.0 Å². The van der Waals surface area contributed by atoms with Gasteiger partial charge in [-0.2, -0.15) is 0 Å². The quantitative estimate of drug-likeness (QED) is 0.424. The molecule has 0 saturated carbocycles. The zero-order valence-electron chi connectivity index (χ0n) is 14.8. The Balaban J connectivity index is 1.80. The Morgan fingerprint density at radius 2 is 1.81 bits per heavy atom. The van der Waals surface area contributed by atoms with Crippen molar-refractivity contribution in [2.75, 3.05) is 0 Å². The molecule has 0 radical (unpaired) electrons. The Labute approximate surface area is 166 Å². The third-order valence-electron chi connectivity index (χ3n) is 3.90. The molecule has 0 fully saturated rings. The molecule has 0 saturated heterocycles. The number of nitrogens with zero attached hydrogens (tertiary/aromatic N) is 2. The maximum Gasteiger partial charge on any atom is 0.342 e. The van der Waals surface area contributed by atoms with Crippen LogP contribution < -0.4 is 0 Å². The number of carboxylic acid groups (broad SMARTS) is 1. The zero-order valence-corrected chi connectivity index (χ0v) is 16.4. The lowest BCUT2D eigenvalue weighted by molar-refractivity contribution is -0.131. The molecule has 3 rings (SSSR count). The average Bonchev–Trinajstić information content (AvgIpc) is 3.10. The highest BCUT2D eigenvalue weighted by Gasteiger charge is 2.14. The highest BCUT2D eigenvalue weighted by Crippen LogP contribution is 2.28. The highest BCUT2D eigenvalue weighted by atomic mass is 35.5. The fourth-order valence-corrected chi connectivity index (χ4v) is 3.22. The molecule has 138 valence electrons. The summed E-state index contributed by atoms with van der Waals surface area (Å²) in [4.78, 5) is 16.1. The summed E-state index contributed by atoms with van der Waals surface area (Å²) in [6.07, 6.45) is 1.62. The minimum atomic E-state index is -1.02. The Morgan fingerprint density at radius 1 is 1.15 bits per heavy atom. The van der Waals surface area contributed by atoms with Crippen LogP contribution in [0, 0.1) is 0 Å². The lowest BCUT2D eigenvalue weighted by atomic mass is 10.0. The van der Waals surface area contributed by atoms with Crippen molar-refractivity contribution in [1.82, 2.24) is 15.2 Å². The van der Waals surface area contributed by atoms with Crippen LogP contribution >= 0.6 is 23.4 Å². The van der Waals surface area contributed by atoms with E-state index in [9.17, 15) is 9.90 Å². The number of hydrogen-bond donors (Lipinski definition) is 2. The number of benzene rings is 2. The second-order valence-electron chi connectivity index (χ2n) is 6.21. The molecule has 0 unspecified atom stereocenters. The van der Waals surface area contributed by atoms with Gasteiger partial charge in [-0.15, -0.1) is 5.10 Å². The number of aromatic nitrogens is 3. The molecule has 0 spiro atoms. The van der Waals surface area contributed by atoms with Crippen LogP contribution in [0.25, 0.3) is 17.5 Å². The molecule has 0 aliphatic carbocycles. The van der Waals surface area contributed by atoms with Crippen LogP contribution in [0.4, 0.5) is 0 Å². The number of nitrogens with one attached hydrogen (secondary N) is 1. The van der Waals surface area contributed by atoms with Gasteiger partial charge in [0.15, 0.2) is 5.82 Å². The van der Waals surface area contributed by atoms with E-state index in [0.717, 1.165) is 22.9 Å². The van der Waals surface area contributed by atoms with Crippen molar-refractivity contribution in [3.8, 4) is 11.4 Å². The van der Waals surface area contributed by atoms with Gasteiger partial charge in [0.05, 0.1) is 0 Å². The fraction of sp³-hybridized carbons (Fsp3) is 0.150. The molecule has 1 heterocycles. The van der Waals surface area contributed by atoms with Gasteiger partial charge in [0.2, 0.25) is 5.16 Å². The van der Waals surface area contributed by atoms with Crippen LogP contribution in [-0.2, 0) is 4.79 Å². The number of hydrogen-bond acceptors (Lipinski definition) is 4. The van der Waals surface area contributed by atoms with Crippen molar-refractivity contribution in [2.45, 2.75) is 24.9 Å².